The number of nitrogens with one attached hydrogen (secondary N) is 1. The third-order valence-corrected chi connectivity index (χ3v) is 2.45. The van der Waals surface area contributed by atoms with Crippen molar-refractivity contribution in [2.45, 2.75) is 13.5 Å². The van der Waals surface area contributed by atoms with Crippen molar-refractivity contribution in [3.8, 4) is 6.07 Å². The van der Waals surface area contributed by atoms with E-state index in [0.29, 0.717) is 0 Å². The van der Waals surface area contributed by atoms with Crippen LogP contribution in [0.15, 0.2) is 23.6 Å². The smallest absolute Gasteiger partial charge is 0.100 e. The minimum absolute atomic E-state index is 0.747. The second-order valence-corrected chi connectivity index (χ2v) is 3.97. The maximum atomic E-state index is 8.59. The molecule has 0 aliphatic rings. The third-order valence-electron chi connectivity index (χ3n) is 1.51. The van der Waals surface area contributed by atoms with Crippen molar-refractivity contribution in [1.29, 1.82) is 5.26 Å². The van der Waals surface area contributed by atoms with Crippen molar-refractivity contribution in [2.24, 2.45) is 0 Å². The highest BCUT2D eigenvalue weighted by atomic mass is 32.1. The average molecular weight is 192 g/mol. The molecule has 0 unspecified atom stereocenters. The molecule has 0 bridgehead atoms. The molecular formula is C10H12N2S. The first-order valence-electron chi connectivity index (χ1n) is 4.05. The molecule has 1 heterocycles. The molecule has 1 rings (SSSR count). The van der Waals surface area contributed by atoms with Gasteiger partial charge in [-0.05, 0) is 13.0 Å². The molecule has 1 N–H and O–H groups in total. The highest BCUT2D eigenvalue weighted by Gasteiger charge is 1.97. The minimum atomic E-state index is 0.747. The molecule has 0 aliphatic carbocycles. The van der Waals surface area contributed by atoms with Crippen LogP contribution in [0, 0.1) is 11.3 Å². The fourth-order valence-electron chi connectivity index (χ4n) is 0.931. The van der Waals surface area contributed by atoms with Crippen LogP contribution in [0.4, 0.5) is 0 Å². The van der Waals surface area contributed by atoms with Gasteiger partial charge in [-0.1, -0.05) is 12.2 Å². The normalized spacial score (nSPS) is 9.54. The minimum Gasteiger partial charge on any atom is -0.308 e. The van der Waals surface area contributed by atoms with Crippen LogP contribution in [0.25, 0.3) is 0 Å². The average Bonchev–Trinajstić information content (AvgIpc) is 2.52. The van der Waals surface area contributed by atoms with Gasteiger partial charge < -0.3 is 5.32 Å². The monoisotopic (exact) mass is 192 g/mol. The number of thiophene rings is 1. The van der Waals surface area contributed by atoms with Gasteiger partial charge in [-0.2, -0.15) is 5.26 Å². The van der Waals surface area contributed by atoms with Gasteiger partial charge in [-0.15, -0.1) is 11.3 Å². The SMILES string of the molecule is C=C(C)CNCc1cc(C#N)cs1. The van der Waals surface area contributed by atoms with Gasteiger partial charge in [0.05, 0.1) is 5.56 Å². The Morgan fingerprint density at radius 3 is 3.08 bits per heavy atom. The lowest BCUT2D eigenvalue weighted by molar-refractivity contribution is 0.750. The number of nitrogens with zero attached hydrogens (tertiary/aromatic N) is 1. The zero-order valence-corrected chi connectivity index (χ0v) is 8.45. The lowest BCUT2D eigenvalue weighted by Crippen LogP contribution is -2.14. The third kappa shape index (κ3) is 3.41. The topological polar surface area (TPSA) is 35.8 Å². The number of nitriles is 1. The summed E-state index contributed by atoms with van der Waals surface area (Å²) in [6.45, 7) is 7.44. The molecule has 0 amide bonds. The number of hydrogen-bond donors (Lipinski definition) is 1. The van der Waals surface area contributed by atoms with Crippen LogP contribution in [0.2, 0.25) is 0 Å². The van der Waals surface area contributed by atoms with Crippen LogP contribution in [0.5, 0.6) is 0 Å². The summed E-state index contributed by atoms with van der Waals surface area (Å²) in [5.74, 6) is 0. The van der Waals surface area contributed by atoms with Crippen molar-refractivity contribution in [2.75, 3.05) is 6.54 Å². The fourth-order valence-corrected chi connectivity index (χ4v) is 1.71. The lowest BCUT2D eigenvalue weighted by atomic mass is 10.3. The lowest BCUT2D eigenvalue weighted by Gasteiger charge is -2.00. The van der Waals surface area contributed by atoms with Crippen molar-refractivity contribution >= 4 is 11.3 Å². The summed E-state index contributed by atoms with van der Waals surface area (Å²) < 4.78 is 0. The van der Waals surface area contributed by atoms with Gasteiger partial charge in [0, 0.05) is 23.3 Å². The molecule has 0 saturated heterocycles. The zero-order valence-electron chi connectivity index (χ0n) is 7.63. The molecule has 0 aromatic carbocycles. The quantitative estimate of drug-likeness (QED) is 0.743. The molecule has 68 valence electrons. The Morgan fingerprint density at radius 2 is 2.54 bits per heavy atom. The molecule has 2 nitrogen and oxygen atoms in total. The van der Waals surface area contributed by atoms with Crippen molar-refractivity contribution in [3.63, 3.8) is 0 Å². The summed E-state index contributed by atoms with van der Waals surface area (Å²) in [5.41, 5.74) is 1.87. The summed E-state index contributed by atoms with van der Waals surface area (Å²) in [6.07, 6.45) is 0. The second-order valence-electron chi connectivity index (χ2n) is 2.97. The van der Waals surface area contributed by atoms with Crippen LogP contribution < -0.4 is 5.32 Å². The van der Waals surface area contributed by atoms with Crippen LogP contribution >= 0.6 is 11.3 Å². The van der Waals surface area contributed by atoms with Crippen LogP contribution in [0.3, 0.4) is 0 Å². The van der Waals surface area contributed by atoms with Crippen molar-refractivity contribution < 1.29 is 0 Å². The van der Waals surface area contributed by atoms with E-state index in [4.69, 9.17) is 5.26 Å². The van der Waals surface area contributed by atoms with Gasteiger partial charge in [0.25, 0.3) is 0 Å². The summed E-state index contributed by atoms with van der Waals surface area (Å²) in [4.78, 5) is 1.19. The fraction of sp³-hybridized carbons (Fsp3) is 0.300. The Balaban J connectivity index is 2.38. The van der Waals surface area contributed by atoms with E-state index in [1.165, 1.54) is 4.88 Å². The summed E-state index contributed by atoms with van der Waals surface area (Å²) in [5, 5.41) is 13.7. The first-order valence-corrected chi connectivity index (χ1v) is 4.93. The predicted molar refractivity (Wildman–Crippen MR) is 55.6 cm³/mol. The predicted octanol–water partition coefficient (Wildman–Crippen LogP) is 2.29. The maximum absolute atomic E-state index is 8.59. The van der Waals surface area contributed by atoms with E-state index in [9.17, 15) is 0 Å². The van der Waals surface area contributed by atoms with E-state index in [0.717, 1.165) is 24.2 Å². The van der Waals surface area contributed by atoms with E-state index < -0.39 is 0 Å². The molecule has 3 heteroatoms. The molecule has 0 radical (unpaired) electrons. The van der Waals surface area contributed by atoms with E-state index in [-0.39, 0.29) is 0 Å². The van der Waals surface area contributed by atoms with Crippen LogP contribution in [-0.2, 0) is 6.54 Å². The van der Waals surface area contributed by atoms with Crippen molar-refractivity contribution in [3.05, 3.63) is 34.0 Å². The summed E-state index contributed by atoms with van der Waals surface area (Å²) in [6, 6.07) is 4.02. The molecular weight excluding hydrogens is 180 g/mol. The molecule has 0 fully saturated rings. The highest BCUT2D eigenvalue weighted by molar-refractivity contribution is 7.10. The largest absolute Gasteiger partial charge is 0.308 e. The first kappa shape index (κ1) is 9.97. The van der Waals surface area contributed by atoms with E-state index in [1.54, 1.807) is 11.3 Å². The van der Waals surface area contributed by atoms with Crippen molar-refractivity contribution in [1.82, 2.24) is 5.32 Å². The van der Waals surface area contributed by atoms with E-state index >= 15 is 0 Å². The molecule has 1 aromatic heterocycles. The van der Waals surface area contributed by atoms with E-state index in [1.807, 2.05) is 18.4 Å². The van der Waals surface area contributed by atoms with Gasteiger partial charge in [0.1, 0.15) is 6.07 Å². The Bertz CT molecular complexity index is 333. The van der Waals surface area contributed by atoms with Gasteiger partial charge in [-0.25, -0.2) is 0 Å². The second kappa shape index (κ2) is 4.80. The Labute approximate surface area is 82.5 Å². The molecule has 0 aliphatic heterocycles. The zero-order chi connectivity index (χ0) is 9.68. The summed E-state index contributed by atoms with van der Waals surface area (Å²) >= 11 is 1.61. The number of hydrogen-bond acceptors (Lipinski definition) is 3. The molecule has 0 spiro atoms. The Morgan fingerprint density at radius 1 is 1.77 bits per heavy atom. The standard InChI is InChI=1S/C10H12N2S/c1-8(2)5-12-6-10-3-9(4-11)7-13-10/h3,7,12H,1,5-6H2,2H3. The number of rotatable bonds is 4. The van der Waals surface area contributed by atoms with Crippen LogP contribution in [0.1, 0.15) is 17.4 Å². The van der Waals surface area contributed by atoms with Gasteiger partial charge in [0.15, 0.2) is 0 Å². The molecule has 1 aromatic rings. The van der Waals surface area contributed by atoms with E-state index in [2.05, 4.69) is 18.0 Å². The summed E-state index contributed by atoms with van der Waals surface area (Å²) in [7, 11) is 0. The molecule has 0 saturated carbocycles. The molecule has 13 heavy (non-hydrogen) atoms. The highest BCUT2D eigenvalue weighted by Crippen LogP contribution is 2.13. The Hall–Kier alpha value is -1.11. The van der Waals surface area contributed by atoms with Gasteiger partial charge in [0.2, 0.25) is 0 Å². The first-order chi connectivity index (χ1) is 6.22. The maximum Gasteiger partial charge on any atom is 0.100 e. The van der Waals surface area contributed by atoms with Gasteiger partial charge >= 0.3 is 0 Å². The molecule has 0 atom stereocenters. The van der Waals surface area contributed by atoms with Crippen LogP contribution in [-0.4, -0.2) is 6.54 Å². The Kier molecular flexibility index (Phi) is 3.69. The van der Waals surface area contributed by atoms with Gasteiger partial charge in [-0.3, -0.25) is 0 Å².